The Bertz CT molecular complexity index is 740. The number of benzene rings is 1. The predicted octanol–water partition coefficient (Wildman–Crippen LogP) is 2.37. The average molecular weight is 325 g/mol. The van der Waals surface area contributed by atoms with Crippen molar-refractivity contribution < 1.29 is 14.3 Å². The summed E-state index contributed by atoms with van der Waals surface area (Å²) in [6, 6.07) is 10.5. The molecule has 1 saturated heterocycles. The van der Waals surface area contributed by atoms with Crippen molar-refractivity contribution >= 4 is 23.1 Å². The number of nitrogens with one attached hydrogen (secondary N) is 1. The van der Waals surface area contributed by atoms with Crippen LogP contribution in [0.5, 0.6) is 0 Å². The molecule has 1 N–H and O–H groups in total. The number of ether oxygens (including phenoxy) is 1. The molecule has 0 radical (unpaired) electrons. The van der Waals surface area contributed by atoms with Crippen LogP contribution in [-0.2, 0) is 4.74 Å². The van der Waals surface area contributed by atoms with Crippen LogP contribution in [0.3, 0.4) is 0 Å². The van der Waals surface area contributed by atoms with Crippen molar-refractivity contribution in [3.8, 4) is 0 Å². The molecule has 6 heteroatoms. The van der Waals surface area contributed by atoms with E-state index >= 15 is 0 Å². The highest BCUT2D eigenvalue weighted by molar-refractivity contribution is 6.05. The molecule has 1 aliphatic heterocycles. The lowest BCUT2D eigenvalue weighted by atomic mass is 10.1. The summed E-state index contributed by atoms with van der Waals surface area (Å²) < 4.78 is 5.38. The topological polar surface area (TPSA) is 71.5 Å². The third kappa shape index (κ3) is 3.60. The molecule has 2 aromatic rings. The van der Waals surface area contributed by atoms with Gasteiger partial charge in [-0.3, -0.25) is 14.6 Å². The third-order valence-corrected chi connectivity index (χ3v) is 3.90. The maximum atomic E-state index is 12.4. The molecule has 0 spiro atoms. The predicted molar refractivity (Wildman–Crippen MR) is 91.7 cm³/mol. The molecule has 1 aromatic carbocycles. The maximum Gasteiger partial charge on any atom is 0.274 e. The molecule has 1 aromatic heterocycles. The first-order valence-corrected chi connectivity index (χ1v) is 7.85. The highest BCUT2D eigenvalue weighted by Gasteiger charge is 2.18. The lowest BCUT2D eigenvalue weighted by Crippen LogP contribution is -2.37. The van der Waals surface area contributed by atoms with Crippen molar-refractivity contribution in [2.45, 2.75) is 6.92 Å². The Hall–Kier alpha value is -2.73. The molecule has 0 atom stereocenters. The summed E-state index contributed by atoms with van der Waals surface area (Å²) in [5.41, 5.74) is 2.46. The van der Waals surface area contributed by atoms with Crippen molar-refractivity contribution in [2.75, 3.05) is 36.5 Å². The Morgan fingerprint density at radius 1 is 1.17 bits per heavy atom. The molecular formula is C18H19N3O3. The third-order valence-electron chi connectivity index (χ3n) is 3.90. The standard InChI is InChI=1S/C18H19N3O3/c1-13(22)14-5-6-15(17(12-14)21-8-10-24-11-9-21)20-18(23)16-4-2-3-7-19-16/h2-7,12H,8-11H2,1H3,(H,20,23). The lowest BCUT2D eigenvalue weighted by molar-refractivity contribution is 0.101. The van der Waals surface area contributed by atoms with Gasteiger partial charge in [0.2, 0.25) is 0 Å². The summed E-state index contributed by atoms with van der Waals surface area (Å²) >= 11 is 0. The molecule has 2 heterocycles. The first-order chi connectivity index (χ1) is 11.6. The second-order valence-electron chi connectivity index (χ2n) is 5.56. The van der Waals surface area contributed by atoms with Gasteiger partial charge in [-0.15, -0.1) is 0 Å². The number of ketones is 1. The number of hydrogen-bond acceptors (Lipinski definition) is 5. The van der Waals surface area contributed by atoms with Gasteiger partial charge in [-0.25, -0.2) is 0 Å². The fourth-order valence-electron chi connectivity index (χ4n) is 2.61. The van der Waals surface area contributed by atoms with E-state index in [4.69, 9.17) is 4.74 Å². The monoisotopic (exact) mass is 325 g/mol. The van der Waals surface area contributed by atoms with E-state index in [2.05, 4.69) is 15.2 Å². The van der Waals surface area contributed by atoms with Gasteiger partial charge in [-0.1, -0.05) is 6.07 Å². The first-order valence-electron chi connectivity index (χ1n) is 7.85. The van der Waals surface area contributed by atoms with Gasteiger partial charge in [0.25, 0.3) is 5.91 Å². The number of carbonyl (C=O) groups excluding carboxylic acids is 2. The molecule has 1 fully saturated rings. The number of rotatable bonds is 4. The summed E-state index contributed by atoms with van der Waals surface area (Å²) in [6.07, 6.45) is 1.58. The normalized spacial score (nSPS) is 14.3. The Kier molecular flexibility index (Phi) is 4.86. The minimum absolute atomic E-state index is 0.00730. The first kappa shape index (κ1) is 16.1. The number of Topliss-reactive ketones (excluding diaryl/α,β-unsaturated/α-hetero) is 1. The molecule has 1 aliphatic rings. The molecule has 0 saturated carbocycles. The second kappa shape index (κ2) is 7.23. The fraction of sp³-hybridized carbons (Fsp3) is 0.278. The summed E-state index contributed by atoms with van der Waals surface area (Å²) in [5, 5.41) is 2.90. The molecule has 124 valence electrons. The minimum atomic E-state index is -0.277. The van der Waals surface area contributed by atoms with E-state index in [1.807, 2.05) is 6.07 Å². The fourth-order valence-corrected chi connectivity index (χ4v) is 2.61. The quantitative estimate of drug-likeness (QED) is 0.874. The van der Waals surface area contributed by atoms with Gasteiger partial charge in [0, 0.05) is 24.8 Å². The second-order valence-corrected chi connectivity index (χ2v) is 5.56. The number of carbonyl (C=O) groups is 2. The van der Waals surface area contributed by atoms with Gasteiger partial charge < -0.3 is 15.0 Å². The van der Waals surface area contributed by atoms with Crippen LogP contribution in [0.1, 0.15) is 27.8 Å². The highest BCUT2D eigenvalue weighted by Crippen LogP contribution is 2.29. The van der Waals surface area contributed by atoms with Crippen molar-refractivity contribution in [2.24, 2.45) is 0 Å². The lowest BCUT2D eigenvalue weighted by Gasteiger charge is -2.30. The van der Waals surface area contributed by atoms with E-state index in [-0.39, 0.29) is 11.7 Å². The van der Waals surface area contributed by atoms with E-state index in [9.17, 15) is 9.59 Å². The van der Waals surface area contributed by atoms with Crippen LogP contribution < -0.4 is 10.2 Å². The van der Waals surface area contributed by atoms with Gasteiger partial charge in [-0.05, 0) is 37.3 Å². The van der Waals surface area contributed by atoms with E-state index in [0.29, 0.717) is 43.2 Å². The van der Waals surface area contributed by atoms with E-state index in [0.717, 1.165) is 5.69 Å². The van der Waals surface area contributed by atoms with Crippen molar-refractivity contribution in [3.63, 3.8) is 0 Å². The Labute approximate surface area is 140 Å². The molecule has 6 nitrogen and oxygen atoms in total. The number of aromatic nitrogens is 1. The molecule has 3 rings (SSSR count). The number of pyridine rings is 1. The number of nitrogens with zero attached hydrogens (tertiary/aromatic N) is 2. The number of hydrogen-bond donors (Lipinski definition) is 1. The van der Waals surface area contributed by atoms with Crippen molar-refractivity contribution in [1.29, 1.82) is 0 Å². The largest absolute Gasteiger partial charge is 0.378 e. The maximum absolute atomic E-state index is 12.4. The Balaban J connectivity index is 1.91. The summed E-state index contributed by atoms with van der Waals surface area (Å²) in [4.78, 5) is 30.3. The van der Waals surface area contributed by atoms with Crippen LogP contribution in [0.15, 0.2) is 42.6 Å². The van der Waals surface area contributed by atoms with Crippen LogP contribution in [0, 0.1) is 0 Å². The number of anilines is 2. The Morgan fingerprint density at radius 3 is 2.62 bits per heavy atom. The van der Waals surface area contributed by atoms with E-state index < -0.39 is 0 Å². The van der Waals surface area contributed by atoms with E-state index in [1.54, 1.807) is 36.5 Å². The molecule has 0 unspecified atom stereocenters. The molecular weight excluding hydrogens is 306 g/mol. The SMILES string of the molecule is CC(=O)c1ccc(NC(=O)c2ccccn2)c(N2CCOCC2)c1. The number of morpholine rings is 1. The van der Waals surface area contributed by atoms with Crippen LogP contribution in [0.2, 0.25) is 0 Å². The summed E-state index contributed by atoms with van der Waals surface area (Å²) in [6.45, 7) is 4.21. The number of amides is 1. The van der Waals surface area contributed by atoms with Crippen LogP contribution in [0.4, 0.5) is 11.4 Å². The molecule has 0 bridgehead atoms. The van der Waals surface area contributed by atoms with Gasteiger partial charge in [0.15, 0.2) is 5.78 Å². The smallest absolute Gasteiger partial charge is 0.274 e. The molecule has 1 amide bonds. The van der Waals surface area contributed by atoms with Crippen LogP contribution in [-0.4, -0.2) is 43.0 Å². The van der Waals surface area contributed by atoms with Crippen LogP contribution in [0.25, 0.3) is 0 Å². The van der Waals surface area contributed by atoms with Gasteiger partial charge in [0.1, 0.15) is 5.69 Å². The van der Waals surface area contributed by atoms with Crippen molar-refractivity contribution in [3.05, 3.63) is 53.9 Å². The van der Waals surface area contributed by atoms with Gasteiger partial charge in [-0.2, -0.15) is 0 Å². The summed E-state index contributed by atoms with van der Waals surface area (Å²) in [7, 11) is 0. The zero-order chi connectivity index (χ0) is 16.9. The Morgan fingerprint density at radius 2 is 1.96 bits per heavy atom. The highest BCUT2D eigenvalue weighted by atomic mass is 16.5. The average Bonchev–Trinajstić information content (AvgIpc) is 2.63. The zero-order valence-corrected chi connectivity index (χ0v) is 13.5. The zero-order valence-electron chi connectivity index (χ0n) is 13.5. The van der Waals surface area contributed by atoms with E-state index in [1.165, 1.54) is 6.92 Å². The van der Waals surface area contributed by atoms with Gasteiger partial charge >= 0.3 is 0 Å². The van der Waals surface area contributed by atoms with Gasteiger partial charge in [0.05, 0.1) is 24.6 Å². The summed E-state index contributed by atoms with van der Waals surface area (Å²) in [5.74, 6) is -0.284. The molecule has 0 aliphatic carbocycles. The minimum Gasteiger partial charge on any atom is -0.378 e. The van der Waals surface area contributed by atoms with Crippen LogP contribution >= 0.6 is 0 Å². The molecule has 24 heavy (non-hydrogen) atoms. The van der Waals surface area contributed by atoms with Crippen molar-refractivity contribution in [1.82, 2.24) is 4.98 Å².